The number of hydrogen-bond donors (Lipinski definition) is 1. The van der Waals surface area contributed by atoms with Crippen LogP contribution in [0.2, 0.25) is 0 Å². The molecule has 0 radical (unpaired) electrons. The maximum absolute atomic E-state index is 12.7. The first-order valence-corrected chi connectivity index (χ1v) is 8.56. The van der Waals surface area contributed by atoms with Crippen LogP contribution in [-0.2, 0) is 4.79 Å². The first kappa shape index (κ1) is 13.0. The van der Waals surface area contributed by atoms with Crippen LogP contribution in [0.5, 0.6) is 0 Å². The molecule has 2 unspecified atom stereocenters. The fourth-order valence-electron chi connectivity index (χ4n) is 6.42. The number of amides is 2. The second kappa shape index (κ2) is 4.06. The van der Waals surface area contributed by atoms with Crippen molar-refractivity contribution in [3.63, 3.8) is 0 Å². The van der Waals surface area contributed by atoms with Gasteiger partial charge in [0.2, 0.25) is 0 Å². The largest absolute Gasteiger partial charge is 0.481 e. The normalized spacial score (nSPS) is 48.4. The third-order valence-electron chi connectivity index (χ3n) is 6.98. The van der Waals surface area contributed by atoms with Gasteiger partial charge in [-0.2, -0.15) is 0 Å². The van der Waals surface area contributed by atoms with E-state index in [1.165, 1.54) is 0 Å². The minimum atomic E-state index is -0.596. The molecular weight excluding hydrogens is 280 g/mol. The van der Waals surface area contributed by atoms with E-state index < -0.39 is 11.4 Å². The minimum absolute atomic E-state index is 0.153. The number of hydrogen-bond acceptors (Lipinski definition) is 2. The van der Waals surface area contributed by atoms with E-state index in [1.807, 2.05) is 11.1 Å². The topological polar surface area (TPSA) is 60.9 Å². The van der Waals surface area contributed by atoms with Gasteiger partial charge in [0.05, 0.1) is 11.5 Å². The van der Waals surface area contributed by atoms with Gasteiger partial charge in [-0.3, -0.25) is 9.69 Å². The molecule has 5 heteroatoms. The van der Waals surface area contributed by atoms with E-state index in [4.69, 9.17) is 0 Å². The molecule has 4 aliphatic carbocycles. The highest BCUT2D eigenvalue weighted by molar-refractivity contribution is 5.80. The Balaban J connectivity index is 1.45. The van der Waals surface area contributed by atoms with E-state index in [0.29, 0.717) is 23.8 Å². The lowest BCUT2D eigenvalue weighted by atomic mass is 9.47. The predicted octanol–water partition coefficient (Wildman–Crippen LogP) is 2.29. The SMILES string of the molecule is O=C1N(C2C3CC4CC2CC(C(=O)O)(C4)C3)C[C@@H]2CC=CN12. The maximum atomic E-state index is 12.7. The summed E-state index contributed by atoms with van der Waals surface area (Å²) < 4.78 is 0. The van der Waals surface area contributed by atoms with E-state index in [2.05, 4.69) is 11.0 Å². The average molecular weight is 302 g/mol. The molecule has 0 aromatic rings. The molecule has 0 aromatic heterocycles. The molecule has 118 valence electrons. The summed E-state index contributed by atoms with van der Waals surface area (Å²) in [5.74, 6) is 0.773. The van der Waals surface area contributed by atoms with Gasteiger partial charge < -0.3 is 10.0 Å². The maximum Gasteiger partial charge on any atom is 0.324 e. The Morgan fingerprint density at radius 3 is 2.59 bits per heavy atom. The monoisotopic (exact) mass is 302 g/mol. The van der Waals surface area contributed by atoms with Crippen molar-refractivity contribution in [2.75, 3.05) is 6.54 Å². The van der Waals surface area contributed by atoms with E-state index >= 15 is 0 Å². The van der Waals surface area contributed by atoms with Gasteiger partial charge in [0.1, 0.15) is 0 Å². The fourth-order valence-corrected chi connectivity index (χ4v) is 6.42. The molecule has 6 aliphatic rings. The molecule has 2 aliphatic heterocycles. The van der Waals surface area contributed by atoms with Gasteiger partial charge in [-0.25, -0.2) is 4.79 Å². The summed E-state index contributed by atoms with van der Waals surface area (Å²) in [6.45, 7) is 0.828. The predicted molar refractivity (Wildman–Crippen MR) is 78.9 cm³/mol. The van der Waals surface area contributed by atoms with Gasteiger partial charge >= 0.3 is 12.0 Å². The standard InChI is InChI=1S/C17H22N2O3/c20-15(21)17-6-10-4-11(7-17)14(12(5-10)8-17)19-9-13-2-1-3-18(13)16(19)22/h1,3,10-14H,2,4-9H2,(H,20,21)/t10?,11?,12?,13-,14?,17?/m0/s1. The molecule has 0 spiro atoms. The lowest BCUT2D eigenvalue weighted by molar-refractivity contribution is -0.170. The Morgan fingerprint density at radius 1 is 1.23 bits per heavy atom. The van der Waals surface area contributed by atoms with E-state index in [1.54, 1.807) is 0 Å². The first-order valence-electron chi connectivity index (χ1n) is 8.56. The van der Waals surface area contributed by atoms with Crippen molar-refractivity contribution in [2.24, 2.45) is 23.2 Å². The highest BCUT2D eigenvalue weighted by Gasteiger charge is 2.61. The number of fused-ring (bicyclic) bond motifs is 1. The molecule has 22 heavy (non-hydrogen) atoms. The van der Waals surface area contributed by atoms with Crippen LogP contribution in [0, 0.1) is 23.2 Å². The molecule has 5 nitrogen and oxygen atoms in total. The summed E-state index contributed by atoms with van der Waals surface area (Å²) in [7, 11) is 0. The number of nitrogens with zero attached hydrogens (tertiary/aromatic N) is 2. The Morgan fingerprint density at radius 2 is 1.95 bits per heavy atom. The smallest absolute Gasteiger partial charge is 0.324 e. The lowest BCUT2D eigenvalue weighted by Crippen LogP contribution is -2.61. The van der Waals surface area contributed by atoms with Crippen molar-refractivity contribution in [3.8, 4) is 0 Å². The van der Waals surface area contributed by atoms with Gasteiger partial charge in [-0.15, -0.1) is 0 Å². The molecule has 2 amide bonds. The van der Waals surface area contributed by atoms with Crippen LogP contribution < -0.4 is 0 Å². The van der Waals surface area contributed by atoms with Crippen molar-refractivity contribution < 1.29 is 14.7 Å². The van der Waals surface area contributed by atoms with Crippen LogP contribution >= 0.6 is 0 Å². The number of carbonyl (C=O) groups is 2. The van der Waals surface area contributed by atoms with Crippen LogP contribution in [0.25, 0.3) is 0 Å². The second-order valence-corrected chi connectivity index (χ2v) is 8.16. The highest BCUT2D eigenvalue weighted by Crippen LogP contribution is 2.61. The molecule has 6 rings (SSSR count). The molecule has 1 N–H and O–H groups in total. The number of aliphatic carboxylic acids is 1. The molecule has 4 bridgehead atoms. The number of rotatable bonds is 2. The number of carbonyl (C=O) groups excluding carboxylic acids is 1. The van der Waals surface area contributed by atoms with Crippen LogP contribution in [0.4, 0.5) is 4.79 Å². The number of carboxylic acids is 1. The summed E-state index contributed by atoms with van der Waals surface area (Å²) in [5, 5.41) is 9.72. The molecule has 4 saturated carbocycles. The Labute approximate surface area is 129 Å². The van der Waals surface area contributed by atoms with Crippen molar-refractivity contribution >= 4 is 12.0 Å². The third-order valence-corrected chi connectivity index (χ3v) is 6.98. The summed E-state index contributed by atoms with van der Waals surface area (Å²) in [5.41, 5.74) is -0.480. The zero-order chi connectivity index (χ0) is 15.1. The molecule has 5 fully saturated rings. The molecule has 2 heterocycles. The van der Waals surface area contributed by atoms with Gasteiger partial charge in [0.25, 0.3) is 0 Å². The molecule has 1 saturated heterocycles. The zero-order valence-corrected chi connectivity index (χ0v) is 12.6. The van der Waals surface area contributed by atoms with Gasteiger partial charge in [-0.1, -0.05) is 6.08 Å². The minimum Gasteiger partial charge on any atom is -0.481 e. The van der Waals surface area contributed by atoms with Crippen LogP contribution in [0.1, 0.15) is 38.5 Å². The fraction of sp³-hybridized carbons (Fsp3) is 0.765. The molecule has 3 atom stereocenters. The van der Waals surface area contributed by atoms with Gasteiger partial charge in [-0.05, 0) is 56.3 Å². The van der Waals surface area contributed by atoms with E-state index in [9.17, 15) is 14.7 Å². The number of carboxylic acid groups (broad SMARTS) is 1. The first-order chi connectivity index (χ1) is 10.6. The van der Waals surface area contributed by atoms with Crippen LogP contribution in [0.15, 0.2) is 12.3 Å². The van der Waals surface area contributed by atoms with Crippen LogP contribution in [-0.4, -0.2) is 45.5 Å². The Kier molecular flexibility index (Phi) is 2.39. The summed E-state index contributed by atoms with van der Waals surface area (Å²) in [6.07, 6.45) is 9.66. The highest BCUT2D eigenvalue weighted by atomic mass is 16.4. The molecular formula is C17H22N2O3. The molecule has 0 aromatic carbocycles. The van der Waals surface area contributed by atoms with Crippen molar-refractivity contribution in [1.82, 2.24) is 9.80 Å². The van der Waals surface area contributed by atoms with Crippen molar-refractivity contribution in [2.45, 2.75) is 50.6 Å². The van der Waals surface area contributed by atoms with Gasteiger partial charge in [0, 0.05) is 18.8 Å². The lowest BCUT2D eigenvalue weighted by Gasteiger charge is -2.59. The quantitative estimate of drug-likeness (QED) is 0.851. The Bertz CT molecular complexity index is 570. The number of urea groups is 1. The van der Waals surface area contributed by atoms with Crippen molar-refractivity contribution in [1.29, 1.82) is 0 Å². The Hall–Kier alpha value is -1.52. The summed E-state index contributed by atoms with van der Waals surface area (Å²) in [6, 6.07) is 0.759. The van der Waals surface area contributed by atoms with Gasteiger partial charge in [0.15, 0.2) is 0 Å². The third kappa shape index (κ3) is 1.49. The average Bonchev–Trinajstić information content (AvgIpc) is 3.02. The van der Waals surface area contributed by atoms with E-state index in [0.717, 1.165) is 45.1 Å². The second-order valence-electron chi connectivity index (χ2n) is 8.16. The zero-order valence-electron chi connectivity index (χ0n) is 12.6. The summed E-state index contributed by atoms with van der Waals surface area (Å²) in [4.78, 5) is 28.5. The van der Waals surface area contributed by atoms with E-state index in [-0.39, 0.29) is 12.1 Å². The van der Waals surface area contributed by atoms with Crippen molar-refractivity contribution in [3.05, 3.63) is 12.3 Å². The summed E-state index contributed by atoms with van der Waals surface area (Å²) >= 11 is 0. The van der Waals surface area contributed by atoms with Crippen LogP contribution in [0.3, 0.4) is 0 Å².